The van der Waals surface area contributed by atoms with E-state index in [1.165, 1.54) is 62.5 Å². The van der Waals surface area contributed by atoms with Gasteiger partial charge in [0.25, 0.3) is 0 Å². The number of halogens is 2. The molecule has 1 saturated carbocycles. The maximum absolute atomic E-state index is 15.0. The first-order chi connectivity index (χ1) is 17.6. The molecule has 0 aliphatic heterocycles. The molecular weight excluding hydrogens is 446 g/mol. The fraction of sp³-hybridized carbons (Fsp3) is 0.529. The molecule has 3 aromatic carbocycles. The van der Waals surface area contributed by atoms with E-state index >= 15 is 0 Å². The summed E-state index contributed by atoms with van der Waals surface area (Å²) in [6.45, 7) is 4.45. The van der Waals surface area contributed by atoms with E-state index in [1.54, 1.807) is 0 Å². The van der Waals surface area contributed by atoms with E-state index in [4.69, 9.17) is 0 Å². The van der Waals surface area contributed by atoms with Crippen molar-refractivity contribution in [2.75, 3.05) is 0 Å². The lowest BCUT2D eigenvalue weighted by molar-refractivity contribution is 0.303. The summed E-state index contributed by atoms with van der Waals surface area (Å²) in [5.41, 5.74) is 4.21. The van der Waals surface area contributed by atoms with Gasteiger partial charge in [0, 0.05) is 5.39 Å². The summed E-state index contributed by atoms with van der Waals surface area (Å²) in [7, 11) is 0. The minimum Gasteiger partial charge on any atom is -0.203 e. The Morgan fingerprint density at radius 1 is 0.667 bits per heavy atom. The van der Waals surface area contributed by atoms with Gasteiger partial charge in [-0.15, -0.1) is 0 Å². The van der Waals surface area contributed by atoms with Gasteiger partial charge in [-0.3, -0.25) is 0 Å². The van der Waals surface area contributed by atoms with Crippen LogP contribution in [0.15, 0.2) is 48.5 Å². The molecule has 0 radical (unpaired) electrons. The minimum absolute atomic E-state index is 0.412. The Labute approximate surface area is 217 Å². The third-order valence-electron chi connectivity index (χ3n) is 8.42. The summed E-state index contributed by atoms with van der Waals surface area (Å²) in [5.74, 6) is 0.235. The highest BCUT2D eigenvalue weighted by Crippen LogP contribution is 2.38. The van der Waals surface area contributed by atoms with Crippen molar-refractivity contribution in [3.8, 4) is 0 Å². The van der Waals surface area contributed by atoms with Gasteiger partial charge in [-0.05, 0) is 103 Å². The van der Waals surface area contributed by atoms with Gasteiger partial charge in [-0.25, -0.2) is 8.78 Å². The Morgan fingerprint density at radius 3 is 2.08 bits per heavy atom. The second kappa shape index (κ2) is 13.4. The van der Waals surface area contributed by atoms with Crippen LogP contribution in [0.3, 0.4) is 0 Å². The zero-order chi connectivity index (χ0) is 25.3. The largest absolute Gasteiger partial charge is 0.203 e. The van der Waals surface area contributed by atoms with Gasteiger partial charge < -0.3 is 0 Å². The highest BCUT2D eigenvalue weighted by atomic mass is 19.2. The number of fused-ring (bicyclic) bond motifs is 1. The van der Waals surface area contributed by atoms with Crippen molar-refractivity contribution in [3.63, 3.8) is 0 Å². The van der Waals surface area contributed by atoms with Crippen molar-refractivity contribution in [1.29, 1.82) is 0 Å². The Bertz CT molecular complexity index is 1090. The molecule has 0 atom stereocenters. The number of rotatable bonds is 12. The van der Waals surface area contributed by atoms with Crippen LogP contribution in [0.25, 0.3) is 10.8 Å². The molecule has 2 heteroatoms. The van der Waals surface area contributed by atoms with Gasteiger partial charge >= 0.3 is 0 Å². The number of unbranched alkanes of at least 4 members (excludes halogenated alkanes) is 4. The van der Waals surface area contributed by atoms with E-state index in [0.717, 1.165) is 49.0 Å². The van der Waals surface area contributed by atoms with Crippen molar-refractivity contribution in [2.24, 2.45) is 5.92 Å². The molecule has 0 unspecified atom stereocenters. The van der Waals surface area contributed by atoms with Crippen LogP contribution in [0.1, 0.15) is 113 Å². The Morgan fingerprint density at radius 2 is 1.36 bits per heavy atom. The van der Waals surface area contributed by atoms with Crippen LogP contribution < -0.4 is 0 Å². The third-order valence-corrected chi connectivity index (χ3v) is 8.42. The standard InChI is InChI=1S/C34H44F2/c1-3-5-7-9-25-11-17-28(18-12-25)29-19-13-26(14-20-29)15-22-31-24-30-21-16-27(10-8-6-4-2)23-32(30)34(36)33(31)35/h13-14,16,19-21,23-25,28H,3-12,15,17-18,22H2,1-2H3. The predicted molar refractivity (Wildman–Crippen MR) is 150 cm³/mol. The van der Waals surface area contributed by atoms with Crippen molar-refractivity contribution in [3.05, 3.63) is 82.4 Å². The van der Waals surface area contributed by atoms with E-state index < -0.39 is 11.6 Å². The van der Waals surface area contributed by atoms with Crippen molar-refractivity contribution >= 4 is 10.8 Å². The summed E-state index contributed by atoms with van der Waals surface area (Å²) in [4.78, 5) is 0. The van der Waals surface area contributed by atoms with Crippen LogP contribution in [0.4, 0.5) is 8.78 Å². The summed E-state index contributed by atoms with van der Waals surface area (Å²) in [6, 6.07) is 16.6. The zero-order valence-corrected chi connectivity index (χ0v) is 22.4. The first-order valence-electron chi connectivity index (χ1n) is 14.6. The summed E-state index contributed by atoms with van der Waals surface area (Å²) < 4.78 is 29.9. The quantitative estimate of drug-likeness (QED) is 0.221. The van der Waals surface area contributed by atoms with Crippen LogP contribution in [0.5, 0.6) is 0 Å². The topological polar surface area (TPSA) is 0 Å². The number of benzene rings is 3. The van der Waals surface area contributed by atoms with Gasteiger partial charge in [0.05, 0.1) is 0 Å². The summed E-state index contributed by atoms with van der Waals surface area (Å²) in [6.07, 6.45) is 16.4. The average Bonchev–Trinajstić information content (AvgIpc) is 2.91. The van der Waals surface area contributed by atoms with Crippen LogP contribution in [-0.2, 0) is 19.3 Å². The molecule has 3 aromatic rings. The molecule has 0 saturated heterocycles. The van der Waals surface area contributed by atoms with E-state index in [1.807, 2.05) is 18.2 Å². The molecule has 0 heterocycles. The van der Waals surface area contributed by atoms with Crippen molar-refractivity contribution in [1.82, 2.24) is 0 Å². The second-order valence-electron chi connectivity index (χ2n) is 11.1. The van der Waals surface area contributed by atoms with E-state index in [9.17, 15) is 8.78 Å². The van der Waals surface area contributed by atoms with Crippen LogP contribution in [-0.4, -0.2) is 0 Å². The van der Waals surface area contributed by atoms with Gasteiger partial charge in [0.1, 0.15) is 0 Å². The lowest BCUT2D eigenvalue weighted by Crippen LogP contribution is -2.13. The van der Waals surface area contributed by atoms with Crippen LogP contribution in [0, 0.1) is 17.6 Å². The fourth-order valence-electron chi connectivity index (χ4n) is 6.05. The van der Waals surface area contributed by atoms with Gasteiger partial charge in [-0.1, -0.05) is 88.8 Å². The molecule has 0 spiro atoms. The van der Waals surface area contributed by atoms with E-state index in [-0.39, 0.29) is 0 Å². The molecule has 4 rings (SSSR count). The van der Waals surface area contributed by atoms with Crippen LogP contribution >= 0.6 is 0 Å². The smallest absolute Gasteiger partial charge is 0.166 e. The number of hydrogen-bond donors (Lipinski definition) is 0. The molecule has 1 fully saturated rings. The Kier molecular flexibility index (Phi) is 9.96. The molecule has 0 amide bonds. The third kappa shape index (κ3) is 6.96. The minimum atomic E-state index is -0.694. The van der Waals surface area contributed by atoms with Gasteiger partial charge in [0.2, 0.25) is 0 Å². The average molecular weight is 491 g/mol. The van der Waals surface area contributed by atoms with Gasteiger partial charge in [-0.2, -0.15) is 0 Å². The first kappa shape index (κ1) is 26.8. The Balaban J connectivity index is 1.34. The summed E-state index contributed by atoms with van der Waals surface area (Å²) >= 11 is 0. The molecule has 0 nitrogen and oxygen atoms in total. The van der Waals surface area contributed by atoms with E-state index in [0.29, 0.717) is 23.3 Å². The lowest BCUT2D eigenvalue weighted by Gasteiger charge is -2.29. The molecule has 36 heavy (non-hydrogen) atoms. The highest BCUT2D eigenvalue weighted by molar-refractivity contribution is 5.84. The van der Waals surface area contributed by atoms with E-state index in [2.05, 4.69) is 44.2 Å². The second-order valence-corrected chi connectivity index (χ2v) is 11.1. The number of aryl methyl sites for hydroxylation is 3. The normalized spacial score (nSPS) is 18.1. The molecular formula is C34H44F2. The number of hydrogen-bond acceptors (Lipinski definition) is 0. The summed E-state index contributed by atoms with van der Waals surface area (Å²) in [5, 5.41) is 1.21. The van der Waals surface area contributed by atoms with Crippen molar-refractivity contribution < 1.29 is 8.78 Å². The SMILES string of the molecule is CCCCCc1ccc2cc(CCc3ccc(C4CCC(CCCCC)CC4)cc3)c(F)c(F)c2c1. The maximum atomic E-state index is 15.0. The molecule has 194 valence electrons. The first-order valence-corrected chi connectivity index (χ1v) is 14.6. The van der Waals surface area contributed by atoms with Crippen molar-refractivity contribution in [2.45, 2.75) is 110 Å². The zero-order valence-electron chi connectivity index (χ0n) is 22.4. The maximum Gasteiger partial charge on any atom is 0.166 e. The predicted octanol–water partition coefficient (Wildman–Crippen LogP) is 10.5. The fourth-order valence-corrected chi connectivity index (χ4v) is 6.05. The monoisotopic (exact) mass is 490 g/mol. The highest BCUT2D eigenvalue weighted by Gasteiger charge is 2.22. The molecule has 0 bridgehead atoms. The lowest BCUT2D eigenvalue weighted by atomic mass is 9.77. The van der Waals surface area contributed by atoms with Crippen LogP contribution in [0.2, 0.25) is 0 Å². The molecule has 0 aromatic heterocycles. The molecule has 0 N–H and O–H groups in total. The molecule has 1 aliphatic carbocycles. The van der Waals surface area contributed by atoms with Gasteiger partial charge in [0.15, 0.2) is 11.6 Å². The Hall–Kier alpha value is -2.22. The molecule has 1 aliphatic rings.